The zero-order chi connectivity index (χ0) is 17.8. The summed E-state index contributed by atoms with van der Waals surface area (Å²) < 4.78 is 14.1. The van der Waals surface area contributed by atoms with Gasteiger partial charge in [-0.2, -0.15) is 0 Å². The molecule has 1 amide bonds. The van der Waals surface area contributed by atoms with Crippen molar-refractivity contribution in [2.24, 2.45) is 5.92 Å². The number of piperidine rings is 1. The summed E-state index contributed by atoms with van der Waals surface area (Å²) in [6.07, 6.45) is 1.87. The molecule has 0 bridgehead atoms. The zero-order valence-corrected chi connectivity index (χ0v) is 15.7. The number of nitrogens with one attached hydrogen (secondary N) is 1. The van der Waals surface area contributed by atoms with Crippen LogP contribution in [0.5, 0.6) is 0 Å². The van der Waals surface area contributed by atoms with Crippen molar-refractivity contribution in [1.29, 1.82) is 0 Å². The molecule has 1 N–H and O–H groups in total. The molecule has 25 heavy (non-hydrogen) atoms. The highest BCUT2D eigenvalue weighted by Crippen LogP contribution is 2.27. The molecule has 2 aromatic rings. The van der Waals surface area contributed by atoms with Crippen molar-refractivity contribution in [3.63, 3.8) is 0 Å². The molecule has 1 fully saturated rings. The van der Waals surface area contributed by atoms with Crippen molar-refractivity contribution in [1.82, 2.24) is 10.2 Å². The van der Waals surface area contributed by atoms with Gasteiger partial charge in [0, 0.05) is 18.0 Å². The zero-order valence-electron chi connectivity index (χ0n) is 14.2. The summed E-state index contributed by atoms with van der Waals surface area (Å²) in [5.74, 6) is -0.159. The number of hydrogen-bond donors (Lipinski definition) is 1. The van der Waals surface area contributed by atoms with E-state index in [1.165, 1.54) is 17.4 Å². The average molecular weight is 381 g/mol. The Morgan fingerprint density at radius 3 is 3.00 bits per heavy atom. The van der Waals surface area contributed by atoms with E-state index in [2.05, 4.69) is 10.2 Å². The Balaban J connectivity index is 1.56. The van der Waals surface area contributed by atoms with Crippen LogP contribution in [0.25, 0.3) is 0 Å². The lowest BCUT2D eigenvalue weighted by atomic mass is 9.96. The van der Waals surface area contributed by atoms with Gasteiger partial charge < -0.3 is 5.32 Å². The molecular weight excluding hydrogens is 359 g/mol. The van der Waals surface area contributed by atoms with Gasteiger partial charge in [0.15, 0.2) is 0 Å². The van der Waals surface area contributed by atoms with Gasteiger partial charge in [-0.25, -0.2) is 4.39 Å². The molecule has 0 radical (unpaired) electrons. The number of benzene rings is 1. The first kappa shape index (κ1) is 18.4. The monoisotopic (exact) mass is 380 g/mol. The molecule has 0 saturated carbocycles. The summed E-state index contributed by atoms with van der Waals surface area (Å²) in [6, 6.07) is 10.4. The van der Waals surface area contributed by atoms with E-state index in [9.17, 15) is 9.18 Å². The smallest absolute Gasteiger partial charge is 0.224 e. The second-order valence-electron chi connectivity index (χ2n) is 6.58. The number of amides is 1. The van der Waals surface area contributed by atoms with E-state index in [0.29, 0.717) is 13.1 Å². The lowest BCUT2D eigenvalue weighted by molar-refractivity contribution is -0.127. The van der Waals surface area contributed by atoms with Crippen LogP contribution < -0.4 is 5.32 Å². The summed E-state index contributed by atoms with van der Waals surface area (Å²) in [4.78, 5) is 15.9. The van der Waals surface area contributed by atoms with Crippen LogP contribution in [0.15, 0.2) is 36.4 Å². The standard InChI is InChI=1S/C19H22ClFN2OS/c1-13(17-7-8-18(20)25-17)22-19(24)15-5-3-9-23(12-15)11-14-4-2-6-16(21)10-14/h2,4,6-8,10,13,15H,3,5,9,11-12H2,1H3,(H,22,24). The maximum Gasteiger partial charge on any atom is 0.224 e. The molecule has 1 aliphatic heterocycles. The van der Waals surface area contributed by atoms with Crippen LogP contribution in [0, 0.1) is 11.7 Å². The lowest BCUT2D eigenvalue weighted by Crippen LogP contribution is -2.43. The summed E-state index contributed by atoms with van der Waals surface area (Å²) in [6.45, 7) is 4.31. The maximum absolute atomic E-state index is 13.3. The number of likely N-dealkylation sites (tertiary alicyclic amines) is 1. The van der Waals surface area contributed by atoms with Gasteiger partial charge in [-0.3, -0.25) is 9.69 Å². The highest BCUT2D eigenvalue weighted by Gasteiger charge is 2.27. The third-order valence-corrected chi connectivity index (χ3v) is 5.96. The third-order valence-electron chi connectivity index (χ3n) is 4.55. The minimum absolute atomic E-state index is 0.0276. The van der Waals surface area contributed by atoms with Crippen LogP contribution >= 0.6 is 22.9 Å². The third kappa shape index (κ3) is 5.03. The molecule has 1 aromatic heterocycles. The number of hydrogen-bond acceptors (Lipinski definition) is 3. The van der Waals surface area contributed by atoms with Crippen LogP contribution in [0.1, 0.15) is 36.2 Å². The molecule has 2 heterocycles. The molecule has 0 spiro atoms. The summed E-state index contributed by atoms with van der Waals surface area (Å²) >= 11 is 7.46. The number of halogens is 2. The summed E-state index contributed by atoms with van der Waals surface area (Å²) in [5, 5.41) is 3.10. The van der Waals surface area contributed by atoms with E-state index in [0.717, 1.165) is 34.2 Å². The van der Waals surface area contributed by atoms with Gasteiger partial charge in [-0.1, -0.05) is 23.7 Å². The van der Waals surface area contributed by atoms with Crippen molar-refractivity contribution in [2.75, 3.05) is 13.1 Å². The molecular formula is C19H22ClFN2OS. The summed E-state index contributed by atoms with van der Waals surface area (Å²) in [7, 11) is 0. The predicted molar refractivity (Wildman–Crippen MR) is 100 cm³/mol. The van der Waals surface area contributed by atoms with Crippen molar-refractivity contribution < 1.29 is 9.18 Å². The van der Waals surface area contributed by atoms with E-state index < -0.39 is 0 Å². The molecule has 2 unspecified atom stereocenters. The van der Waals surface area contributed by atoms with Crippen molar-refractivity contribution in [3.05, 3.63) is 57.0 Å². The van der Waals surface area contributed by atoms with E-state index in [1.54, 1.807) is 12.1 Å². The second-order valence-corrected chi connectivity index (χ2v) is 8.32. The topological polar surface area (TPSA) is 32.3 Å². The molecule has 1 aliphatic rings. The fourth-order valence-corrected chi connectivity index (χ4v) is 4.33. The highest BCUT2D eigenvalue weighted by atomic mass is 35.5. The number of nitrogens with zero attached hydrogens (tertiary/aromatic N) is 1. The van der Waals surface area contributed by atoms with E-state index in [1.807, 2.05) is 25.1 Å². The van der Waals surface area contributed by atoms with Crippen LogP contribution in [0.2, 0.25) is 4.34 Å². The Morgan fingerprint density at radius 2 is 2.28 bits per heavy atom. The number of carbonyl (C=O) groups excluding carboxylic acids is 1. The Labute approximate surface area is 156 Å². The minimum Gasteiger partial charge on any atom is -0.348 e. The van der Waals surface area contributed by atoms with E-state index in [-0.39, 0.29) is 23.7 Å². The Morgan fingerprint density at radius 1 is 1.44 bits per heavy atom. The van der Waals surface area contributed by atoms with Gasteiger partial charge in [0.05, 0.1) is 16.3 Å². The molecule has 6 heteroatoms. The predicted octanol–water partition coefficient (Wildman–Crippen LogP) is 4.63. The Bertz CT molecular complexity index is 736. The maximum atomic E-state index is 13.3. The van der Waals surface area contributed by atoms with Gasteiger partial charge in [0.25, 0.3) is 0 Å². The quantitative estimate of drug-likeness (QED) is 0.820. The molecule has 1 aromatic carbocycles. The van der Waals surface area contributed by atoms with Gasteiger partial charge in [-0.15, -0.1) is 11.3 Å². The van der Waals surface area contributed by atoms with Gasteiger partial charge in [-0.05, 0) is 56.1 Å². The largest absolute Gasteiger partial charge is 0.348 e. The normalized spacial score (nSPS) is 19.6. The van der Waals surface area contributed by atoms with Crippen LogP contribution in [0.4, 0.5) is 4.39 Å². The second kappa shape index (κ2) is 8.30. The first-order valence-electron chi connectivity index (χ1n) is 8.53. The fourth-order valence-electron chi connectivity index (χ4n) is 3.27. The number of carbonyl (C=O) groups is 1. The number of thiophene rings is 1. The molecule has 0 aliphatic carbocycles. The van der Waals surface area contributed by atoms with E-state index >= 15 is 0 Å². The Hall–Kier alpha value is -1.43. The minimum atomic E-state index is -0.216. The first-order valence-corrected chi connectivity index (χ1v) is 9.73. The molecule has 3 nitrogen and oxygen atoms in total. The summed E-state index contributed by atoms with van der Waals surface area (Å²) in [5.41, 5.74) is 0.947. The van der Waals surface area contributed by atoms with Crippen molar-refractivity contribution >= 4 is 28.8 Å². The SMILES string of the molecule is CC(NC(=O)C1CCCN(Cc2cccc(F)c2)C1)c1ccc(Cl)s1. The van der Waals surface area contributed by atoms with Gasteiger partial charge in [0.2, 0.25) is 5.91 Å². The number of rotatable bonds is 5. The molecule has 3 rings (SSSR count). The molecule has 134 valence electrons. The average Bonchev–Trinajstić information content (AvgIpc) is 3.02. The van der Waals surface area contributed by atoms with E-state index in [4.69, 9.17) is 11.6 Å². The Kier molecular flexibility index (Phi) is 6.10. The van der Waals surface area contributed by atoms with Crippen molar-refractivity contribution in [3.8, 4) is 0 Å². The van der Waals surface area contributed by atoms with Crippen LogP contribution in [-0.2, 0) is 11.3 Å². The lowest BCUT2D eigenvalue weighted by Gasteiger charge is -2.32. The van der Waals surface area contributed by atoms with Crippen LogP contribution in [-0.4, -0.2) is 23.9 Å². The fraction of sp³-hybridized carbons (Fsp3) is 0.421. The van der Waals surface area contributed by atoms with Crippen molar-refractivity contribution in [2.45, 2.75) is 32.4 Å². The highest BCUT2D eigenvalue weighted by molar-refractivity contribution is 7.16. The molecule has 2 atom stereocenters. The van der Waals surface area contributed by atoms with Gasteiger partial charge >= 0.3 is 0 Å². The van der Waals surface area contributed by atoms with Crippen LogP contribution in [0.3, 0.4) is 0 Å². The first-order chi connectivity index (χ1) is 12.0. The van der Waals surface area contributed by atoms with Gasteiger partial charge in [0.1, 0.15) is 5.82 Å². The molecule has 1 saturated heterocycles.